The highest BCUT2D eigenvalue weighted by Gasteiger charge is 2.17. The fraction of sp³-hybridized carbons (Fsp3) is 0.0667. The first-order chi connectivity index (χ1) is 9.66. The molecule has 5 heteroatoms. The van der Waals surface area contributed by atoms with E-state index in [0.29, 0.717) is 16.8 Å². The molecule has 0 bridgehead atoms. The first-order valence-corrected chi connectivity index (χ1v) is 6.14. The fourth-order valence-corrected chi connectivity index (χ4v) is 2.08. The summed E-state index contributed by atoms with van der Waals surface area (Å²) >= 11 is 0. The van der Waals surface area contributed by atoms with Crippen molar-refractivity contribution in [3.05, 3.63) is 59.0 Å². The van der Waals surface area contributed by atoms with Crippen LogP contribution in [0.15, 0.2) is 58.0 Å². The van der Waals surface area contributed by atoms with E-state index in [-0.39, 0.29) is 11.4 Å². The van der Waals surface area contributed by atoms with Crippen LogP contribution in [-0.4, -0.2) is 9.72 Å². The summed E-state index contributed by atoms with van der Waals surface area (Å²) in [6.07, 6.45) is 1.69. The lowest BCUT2D eigenvalue weighted by Crippen LogP contribution is -2.14. The van der Waals surface area contributed by atoms with E-state index in [1.54, 1.807) is 13.2 Å². The van der Waals surface area contributed by atoms with E-state index in [1.165, 1.54) is 10.6 Å². The summed E-state index contributed by atoms with van der Waals surface area (Å²) in [6, 6.07) is 12.9. The maximum atomic E-state index is 11.7. The summed E-state index contributed by atoms with van der Waals surface area (Å²) in [7, 11) is 1.70. The summed E-state index contributed by atoms with van der Waals surface area (Å²) in [4.78, 5) is 11.7. The van der Waals surface area contributed by atoms with Gasteiger partial charge in [-0.05, 0) is 11.6 Å². The number of nitrogens with zero attached hydrogens (tertiary/aromatic N) is 2. The Morgan fingerprint density at radius 2 is 1.90 bits per heavy atom. The molecule has 5 nitrogen and oxygen atoms in total. The van der Waals surface area contributed by atoms with Gasteiger partial charge in [0, 0.05) is 24.9 Å². The smallest absolute Gasteiger partial charge is 0.250 e. The SMILES string of the molecule is Cn1ccc(-c2noc(N)c2-c2ccccc2)cc1=O. The number of rotatable bonds is 2. The Labute approximate surface area is 115 Å². The van der Waals surface area contributed by atoms with Gasteiger partial charge in [0.25, 0.3) is 5.56 Å². The lowest BCUT2D eigenvalue weighted by molar-refractivity contribution is 0.439. The third-order valence-electron chi connectivity index (χ3n) is 3.16. The van der Waals surface area contributed by atoms with Crippen LogP contribution in [0.5, 0.6) is 0 Å². The molecule has 0 aliphatic carbocycles. The standard InChI is InChI=1S/C15H13N3O2/c1-18-8-7-11(9-12(18)19)14-13(15(16)20-17-14)10-5-3-2-4-6-10/h2-9H,16H2,1H3. The van der Waals surface area contributed by atoms with Gasteiger partial charge in [-0.15, -0.1) is 0 Å². The van der Waals surface area contributed by atoms with Crippen LogP contribution in [0.1, 0.15) is 0 Å². The monoisotopic (exact) mass is 267 g/mol. The van der Waals surface area contributed by atoms with Crippen molar-refractivity contribution in [2.45, 2.75) is 0 Å². The van der Waals surface area contributed by atoms with E-state index in [1.807, 2.05) is 36.4 Å². The van der Waals surface area contributed by atoms with Gasteiger partial charge in [-0.25, -0.2) is 0 Å². The molecule has 0 aliphatic rings. The predicted octanol–water partition coefficient (Wildman–Crippen LogP) is 2.29. The molecule has 0 atom stereocenters. The lowest BCUT2D eigenvalue weighted by atomic mass is 10.0. The highest BCUT2D eigenvalue weighted by atomic mass is 16.5. The van der Waals surface area contributed by atoms with Crippen molar-refractivity contribution in [2.24, 2.45) is 7.05 Å². The molecule has 20 heavy (non-hydrogen) atoms. The number of benzene rings is 1. The van der Waals surface area contributed by atoms with Gasteiger partial charge in [-0.3, -0.25) is 4.79 Å². The first kappa shape index (κ1) is 12.2. The second kappa shape index (κ2) is 4.70. The summed E-state index contributed by atoms with van der Waals surface area (Å²) in [5.41, 5.74) is 8.63. The Morgan fingerprint density at radius 3 is 2.60 bits per heavy atom. The Balaban J connectivity index is 2.21. The summed E-state index contributed by atoms with van der Waals surface area (Å²) in [5, 5.41) is 3.98. The van der Waals surface area contributed by atoms with Gasteiger partial charge < -0.3 is 14.8 Å². The molecule has 0 amide bonds. The van der Waals surface area contributed by atoms with Gasteiger partial charge in [0.2, 0.25) is 5.88 Å². The van der Waals surface area contributed by atoms with E-state index in [0.717, 1.165) is 5.56 Å². The first-order valence-electron chi connectivity index (χ1n) is 6.14. The maximum absolute atomic E-state index is 11.7. The Morgan fingerprint density at radius 1 is 1.15 bits per heavy atom. The second-order valence-electron chi connectivity index (χ2n) is 4.50. The highest BCUT2D eigenvalue weighted by molar-refractivity contribution is 5.86. The van der Waals surface area contributed by atoms with Crippen LogP contribution in [-0.2, 0) is 7.05 Å². The van der Waals surface area contributed by atoms with Gasteiger partial charge >= 0.3 is 0 Å². The average Bonchev–Trinajstić information content (AvgIpc) is 2.85. The second-order valence-corrected chi connectivity index (χ2v) is 4.50. The number of aromatic nitrogens is 2. The third kappa shape index (κ3) is 1.99. The summed E-state index contributed by atoms with van der Waals surface area (Å²) in [5.74, 6) is 0.242. The molecule has 0 fully saturated rings. The van der Waals surface area contributed by atoms with Crippen molar-refractivity contribution in [1.29, 1.82) is 0 Å². The van der Waals surface area contributed by atoms with Crippen LogP contribution in [0, 0.1) is 0 Å². The number of nitrogens with two attached hydrogens (primary N) is 1. The minimum Gasteiger partial charge on any atom is -0.367 e. The van der Waals surface area contributed by atoms with E-state index in [4.69, 9.17) is 10.3 Å². The Kier molecular flexibility index (Phi) is 2.87. The highest BCUT2D eigenvalue weighted by Crippen LogP contribution is 2.35. The number of nitrogen functional groups attached to an aromatic ring is 1. The van der Waals surface area contributed by atoms with E-state index in [9.17, 15) is 4.79 Å². The van der Waals surface area contributed by atoms with Gasteiger partial charge in [0.1, 0.15) is 5.69 Å². The van der Waals surface area contributed by atoms with Gasteiger partial charge in [-0.2, -0.15) is 0 Å². The molecule has 3 aromatic rings. The molecular formula is C15H13N3O2. The van der Waals surface area contributed by atoms with Crippen LogP contribution in [0.3, 0.4) is 0 Å². The number of pyridine rings is 1. The molecule has 100 valence electrons. The van der Waals surface area contributed by atoms with Crippen LogP contribution in [0.4, 0.5) is 5.88 Å². The number of hydrogen-bond acceptors (Lipinski definition) is 4. The topological polar surface area (TPSA) is 74.1 Å². The van der Waals surface area contributed by atoms with E-state index < -0.39 is 0 Å². The number of anilines is 1. The molecule has 0 unspecified atom stereocenters. The zero-order valence-corrected chi connectivity index (χ0v) is 10.9. The summed E-state index contributed by atoms with van der Waals surface area (Å²) < 4.78 is 6.59. The summed E-state index contributed by atoms with van der Waals surface area (Å²) in [6.45, 7) is 0. The quantitative estimate of drug-likeness (QED) is 0.773. The van der Waals surface area contributed by atoms with Gasteiger partial charge in [0.05, 0.1) is 5.56 Å². The molecule has 0 aliphatic heterocycles. The lowest BCUT2D eigenvalue weighted by Gasteiger charge is -2.03. The van der Waals surface area contributed by atoms with Crippen LogP contribution in [0.25, 0.3) is 22.4 Å². The van der Waals surface area contributed by atoms with E-state index in [2.05, 4.69) is 5.16 Å². The maximum Gasteiger partial charge on any atom is 0.250 e. The van der Waals surface area contributed by atoms with Crippen LogP contribution in [0.2, 0.25) is 0 Å². The molecule has 2 heterocycles. The minimum absolute atomic E-state index is 0.108. The zero-order chi connectivity index (χ0) is 14.1. The van der Waals surface area contributed by atoms with E-state index >= 15 is 0 Å². The zero-order valence-electron chi connectivity index (χ0n) is 10.9. The van der Waals surface area contributed by atoms with Gasteiger partial charge in [-0.1, -0.05) is 35.5 Å². The molecule has 1 aromatic carbocycles. The van der Waals surface area contributed by atoms with Crippen LogP contribution >= 0.6 is 0 Å². The van der Waals surface area contributed by atoms with Gasteiger partial charge in [0.15, 0.2) is 0 Å². The third-order valence-corrected chi connectivity index (χ3v) is 3.16. The Hall–Kier alpha value is -2.82. The van der Waals surface area contributed by atoms with Crippen molar-refractivity contribution in [3.8, 4) is 22.4 Å². The molecule has 3 rings (SSSR count). The molecule has 0 saturated carbocycles. The number of aryl methyl sites for hydroxylation is 1. The fourth-order valence-electron chi connectivity index (χ4n) is 2.08. The molecule has 0 radical (unpaired) electrons. The molecular weight excluding hydrogens is 254 g/mol. The average molecular weight is 267 g/mol. The van der Waals surface area contributed by atoms with Crippen molar-refractivity contribution >= 4 is 5.88 Å². The van der Waals surface area contributed by atoms with Crippen molar-refractivity contribution in [1.82, 2.24) is 9.72 Å². The van der Waals surface area contributed by atoms with Crippen LogP contribution < -0.4 is 11.3 Å². The van der Waals surface area contributed by atoms with Crippen molar-refractivity contribution in [2.75, 3.05) is 5.73 Å². The molecule has 2 N–H and O–H groups in total. The molecule has 2 aromatic heterocycles. The normalized spacial score (nSPS) is 10.7. The van der Waals surface area contributed by atoms with Crippen molar-refractivity contribution < 1.29 is 4.52 Å². The molecule has 0 spiro atoms. The molecule has 0 saturated heterocycles. The number of hydrogen-bond donors (Lipinski definition) is 1. The predicted molar refractivity (Wildman–Crippen MR) is 77.0 cm³/mol. The van der Waals surface area contributed by atoms with Crippen molar-refractivity contribution in [3.63, 3.8) is 0 Å². The Bertz CT molecular complexity index is 803. The largest absolute Gasteiger partial charge is 0.367 e. The minimum atomic E-state index is -0.108.